The van der Waals surface area contributed by atoms with Gasteiger partial charge in [-0.1, -0.05) is 32.9 Å². The Bertz CT molecular complexity index is 228. The van der Waals surface area contributed by atoms with Gasteiger partial charge >= 0.3 is 0 Å². The molecule has 0 aliphatic heterocycles. The lowest BCUT2D eigenvalue weighted by Crippen LogP contribution is -2.44. The Morgan fingerprint density at radius 2 is 1.59 bits per heavy atom. The van der Waals surface area contributed by atoms with Crippen molar-refractivity contribution < 1.29 is 9.53 Å². The summed E-state index contributed by atoms with van der Waals surface area (Å²) in [5.74, 6) is 0. The Labute approximate surface area is 107 Å². The van der Waals surface area contributed by atoms with Crippen LogP contribution in [-0.2, 0) is 4.43 Å². The van der Waals surface area contributed by atoms with Crippen molar-refractivity contribution in [3.8, 4) is 0 Å². The average Bonchev–Trinajstić information content (AvgIpc) is 2.35. The van der Waals surface area contributed by atoms with Gasteiger partial charge in [0.15, 0.2) is 8.32 Å². The summed E-state index contributed by atoms with van der Waals surface area (Å²) in [6.45, 7) is 6.73. The highest BCUT2D eigenvalue weighted by atomic mass is 28.4. The van der Waals surface area contributed by atoms with Crippen LogP contribution in [0.1, 0.15) is 46.5 Å². The third-order valence-corrected chi connectivity index (χ3v) is 8.85. The fourth-order valence-electron chi connectivity index (χ4n) is 2.60. The zero-order valence-corrected chi connectivity index (χ0v) is 12.6. The minimum absolute atomic E-state index is 0.0754. The molecule has 0 bridgehead atoms. The molecule has 1 aliphatic rings. The van der Waals surface area contributed by atoms with Crippen LogP contribution >= 0.6 is 0 Å². The molecular formula is C14H28O2Si. The van der Waals surface area contributed by atoms with E-state index in [1.807, 2.05) is 0 Å². The van der Waals surface area contributed by atoms with Crippen molar-refractivity contribution in [2.24, 2.45) is 0 Å². The highest BCUT2D eigenvalue weighted by Crippen LogP contribution is 2.27. The lowest BCUT2D eigenvalue weighted by Gasteiger charge is -2.35. The van der Waals surface area contributed by atoms with Gasteiger partial charge in [0, 0.05) is 0 Å². The first kappa shape index (κ1) is 14.9. The van der Waals surface area contributed by atoms with Crippen LogP contribution < -0.4 is 0 Å². The first-order valence-electron chi connectivity index (χ1n) is 7.18. The van der Waals surface area contributed by atoms with Gasteiger partial charge in [-0.25, -0.2) is 0 Å². The summed E-state index contributed by atoms with van der Waals surface area (Å²) in [7, 11) is -1.57. The molecule has 0 radical (unpaired) electrons. The van der Waals surface area contributed by atoms with Crippen LogP contribution in [0.2, 0.25) is 18.1 Å². The van der Waals surface area contributed by atoms with Crippen LogP contribution in [0, 0.1) is 0 Å². The Balaban J connectivity index is 2.65. The molecule has 1 rings (SSSR count). The first-order chi connectivity index (χ1) is 8.17. The Morgan fingerprint density at radius 1 is 1.06 bits per heavy atom. The molecule has 17 heavy (non-hydrogen) atoms. The van der Waals surface area contributed by atoms with Crippen molar-refractivity contribution in [3.63, 3.8) is 0 Å². The maximum Gasteiger partial charge on any atom is 0.192 e. The lowest BCUT2D eigenvalue weighted by atomic mass is 10.0. The second-order valence-corrected chi connectivity index (χ2v) is 9.82. The number of aliphatic hydroxyl groups is 1. The maximum absolute atomic E-state index is 10.2. The second-order valence-electron chi connectivity index (χ2n) is 5.09. The average molecular weight is 256 g/mol. The van der Waals surface area contributed by atoms with Crippen LogP contribution in [0.25, 0.3) is 0 Å². The standard InChI is InChI=1S/C14H28O2Si/c1-4-17(5-2,6-3)16-14-12-10-8-7-9-11-13(14)15/h7-8,13-15H,4-6,9-12H2,1-3H3/b8-7-/t13-,14+/m1/s1. The molecule has 0 aromatic carbocycles. The molecule has 0 saturated carbocycles. The topological polar surface area (TPSA) is 29.5 Å². The van der Waals surface area contributed by atoms with Crippen molar-refractivity contribution in [2.45, 2.75) is 76.8 Å². The van der Waals surface area contributed by atoms with Crippen molar-refractivity contribution >= 4 is 8.32 Å². The SMILES string of the molecule is CC[Si](CC)(CC)O[C@H]1CC/C=C\CC[C@H]1O. The van der Waals surface area contributed by atoms with E-state index in [0.29, 0.717) is 0 Å². The summed E-state index contributed by atoms with van der Waals surface area (Å²) in [5.41, 5.74) is 0. The Kier molecular flexibility index (Phi) is 6.45. The number of aliphatic hydroxyl groups excluding tert-OH is 1. The van der Waals surface area contributed by atoms with E-state index < -0.39 is 8.32 Å². The molecule has 0 saturated heterocycles. The van der Waals surface area contributed by atoms with Crippen molar-refractivity contribution in [3.05, 3.63) is 12.2 Å². The van der Waals surface area contributed by atoms with E-state index >= 15 is 0 Å². The van der Waals surface area contributed by atoms with Gasteiger partial charge in [0.1, 0.15) is 0 Å². The molecule has 2 atom stereocenters. The monoisotopic (exact) mass is 256 g/mol. The third kappa shape index (κ3) is 4.23. The Morgan fingerprint density at radius 3 is 2.12 bits per heavy atom. The van der Waals surface area contributed by atoms with Gasteiger partial charge in [-0.05, 0) is 43.8 Å². The summed E-state index contributed by atoms with van der Waals surface area (Å²) >= 11 is 0. The van der Waals surface area contributed by atoms with E-state index in [9.17, 15) is 5.11 Å². The molecule has 0 spiro atoms. The van der Waals surface area contributed by atoms with Crippen LogP contribution in [0.15, 0.2) is 12.2 Å². The smallest absolute Gasteiger partial charge is 0.192 e. The lowest BCUT2D eigenvalue weighted by molar-refractivity contribution is 0.0191. The molecule has 0 heterocycles. The van der Waals surface area contributed by atoms with Crippen LogP contribution in [0.5, 0.6) is 0 Å². The molecule has 1 N–H and O–H groups in total. The number of hydrogen-bond donors (Lipinski definition) is 1. The summed E-state index contributed by atoms with van der Waals surface area (Å²) in [5, 5.41) is 10.2. The quantitative estimate of drug-likeness (QED) is 0.598. The van der Waals surface area contributed by atoms with Gasteiger partial charge in [-0.3, -0.25) is 0 Å². The fraction of sp³-hybridized carbons (Fsp3) is 0.857. The van der Waals surface area contributed by atoms with Crippen molar-refractivity contribution in [2.75, 3.05) is 0 Å². The van der Waals surface area contributed by atoms with Gasteiger partial charge in [0.25, 0.3) is 0 Å². The molecule has 0 amide bonds. The minimum Gasteiger partial charge on any atom is -0.411 e. The normalized spacial score (nSPS) is 28.5. The molecule has 0 unspecified atom stereocenters. The first-order valence-corrected chi connectivity index (χ1v) is 9.71. The molecule has 0 aromatic rings. The van der Waals surface area contributed by atoms with E-state index in [1.54, 1.807) is 0 Å². The van der Waals surface area contributed by atoms with Crippen LogP contribution in [-0.4, -0.2) is 25.6 Å². The molecular weight excluding hydrogens is 228 g/mol. The minimum atomic E-state index is -1.57. The van der Waals surface area contributed by atoms with Crippen LogP contribution in [0.4, 0.5) is 0 Å². The van der Waals surface area contributed by atoms with Gasteiger partial charge in [-0.2, -0.15) is 0 Å². The fourth-order valence-corrected chi connectivity index (χ4v) is 5.52. The van der Waals surface area contributed by atoms with E-state index in [0.717, 1.165) is 25.7 Å². The second kappa shape index (κ2) is 7.34. The molecule has 2 nitrogen and oxygen atoms in total. The van der Waals surface area contributed by atoms with E-state index in [2.05, 4.69) is 32.9 Å². The number of rotatable bonds is 5. The van der Waals surface area contributed by atoms with Crippen molar-refractivity contribution in [1.29, 1.82) is 0 Å². The highest BCUT2D eigenvalue weighted by molar-refractivity contribution is 6.73. The molecule has 0 aromatic heterocycles. The van der Waals surface area contributed by atoms with E-state index in [-0.39, 0.29) is 12.2 Å². The molecule has 1 aliphatic carbocycles. The molecule has 0 fully saturated rings. The highest BCUT2D eigenvalue weighted by Gasteiger charge is 2.34. The van der Waals surface area contributed by atoms with E-state index in [1.165, 1.54) is 18.1 Å². The summed E-state index contributed by atoms with van der Waals surface area (Å²) in [4.78, 5) is 0. The molecule has 100 valence electrons. The van der Waals surface area contributed by atoms with Crippen molar-refractivity contribution in [1.82, 2.24) is 0 Å². The molecule has 3 heteroatoms. The van der Waals surface area contributed by atoms with E-state index in [4.69, 9.17) is 4.43 Å². The summed E-state index contributed by atoms with van der Waals surface area (Å²) in [6, 6.07) is 3.50. The van der Waals surface area contributed by atoms with Gasteiger partial charge in [0.2, 0.25) is 0 Å². The van der Waals surface area contributed by atoms with Crippen LogP contribution in [0.3, 0.4) is 0 Å². The maximum atomic E-state index is 10.2. The van der Waals surface area contributed by atoms with Gasteiger partial charge < -0.3 is 9.53 Å². The summed E-state index contributed by atoms with van der Waals surface area (Å²) < 4.78 is 6.43. The summed E-state index contributed by atoms with van der Waals surface area (Å²) in [6.07, 6.45) is 8.08. The third-order valence-electron chi connectivity index (χ3n) is 4.18. The van der Waals surface area contributed by atoms with Gasteiger partial charge in [0.05, 0.1) is 12.2 Å². The largest absolute Gasteiger partial charge is 0.411 e. The van der Waals surface area contributed by atoms with Gasteiger partial charge in [-0.15, -0.1) is 0 Å². The zero-order valence-electron chi connectivity index (χ0n) is 11.6. The number of hydrogen-bond acceptors (Lipinski definition) is 2. The predicted octanol–water partition coefficient (Wildman–Crippen LogP) is 3.87. The Hall–Kier alpha value is -0.123. The number of allylic oxidation sites excluding steroid dienone is 2. The predicted molar refractivity (Wildman–Crippen MR) is 75.7 cm³/mol. The zero-order chi connectivity index (χ0) is 12.7.